The number of benzene rings is 1. The van der Waals surface area contributed by atoms with E-state index in [0.29, 0.717) is 16.8 Å². The van der Waals surface area contributed by atoms with E-state index in [9.17, 15) is 4.39 Å². The Hall–Kier alpha value is -0.760. The quantitative estimate of drug-likeness (QED) is 0.831. The molecule has 0 atom stereocenters. The molecule has 1 fully saturated rings. The summed E-state index contributed by atoms with van der Waals surface area (Å²) < 4.78 is 13.5. The van der Waals surface area contributed by atoms with E-state index in [4.69, 9.17) is 11.6 Å². The van der Waals surface area contributed by atoms with Crippen molar-refractivity contribution in [1.29, 1.82) is 0 Å². The molecule has 1 nitrogen and oxygen atoms in total. The van der Waals surface area contributed by atoms with Crippen molar-refractivity contribution in [3.8, 4) is 0 Å². The highest BCUT2D eigenvalue weighted by atomic mass is 35.5. The maximum absolute atomic E-state index is 13.5. The van der Waals surface area contributed by atoms with E-state index in [1.165, 1.54) is 6.07 Å². The van der Waals surface area contributed by atoms with Crippen LogP contribution in [0.2, 0.25) is 5.02 Å². The zero-order valence-electron chi connectivity index (χ0n) is 9.63. The van der Waals surface area contributed by atoms with Crippen LogP contribution >= 0.6 is 11.6 Å². The average molecular weight is 242 g/mol. The fraction of sp³-hybridized carbons (Fsp3) is 0.538. The molecule has 0 aromatic heterocycles. The summed E-state index contributed by atoms with van der Waals surface area (Å²) in [7, 11) is 0. The van der Waals surface area contributed by atoms with Crippen molar-refractivity contribution in [2.75, 3.05) is 5.32 Å². The highest BCUT2D eigenvalue weighted by Crippen LogP contribution is 2.36. The Labute approximate surface area is 101 Å². The minimum absolute atomic E-state index is 0.263. The van der Waals surface area contributed by atoms with Crippen molar-refractivity contribution in [2.24, 2.45) is 11.8 Å². The van der Waals surface area contributed by atoms with Crippen LogP contribution in [0.25, 0.3) is 0 Å². The topological polar surface area (TPSA) is 12.0 Å². The van der Waals surface area contributed by atoms with Crippen LogP contribution in [-0.2, 0) is 0 Å². The van der Waals surface area contributed by atoms with Crippen LogP contribution in [-0.4, -0.2) is 6.04 Å². The Morgan fingerprint density at radius 3 is 2.62 bits per heavy atom. The van der Waals surface area contributed by atoms with Gasteiger partial charge in [-0.3, -0.25) is 0 Å². The van der Waals surface area contributed by atoms with Crippen LogP contribution in [0.4, 0.5) is 10.1 Å². The first-order valence-corrected chi connectivity index (χ1v) is 6.15. The Bertz CT molecular complexity index is 372. The molecule has 16 heavy (non-hydrogen) atoms. The molecule has 1 aliphatic carbocycles. The number of hydrogen-bond donors (Lipinski definition) is 1. The van der Waals surface area contributed by atoms with Crippen molar-refractivity contribution in [2.45, 2.75) is 32.7 Å². The Kier molecular flexibility index (Phi) is 3.38. The molecule has 0 unspecified atom stereocenters. The molecule has 1 aliphatic rings. The predicted octanol–water partition coefficient (Wildman–Crippen LogP) is 4.33. The first-order chi connectivity index (χ1) is 7.56. The van der Waals surface area contributed by atoms with Crippen molar-refractivity contribution >= 4 is 17.3 Å². The van der Waals surface area contributed by atoms with E-state index in [0.717, 1.165) is 24.7 Å². The van der Waals surface area contributed by atoms with Gasteiger partial charge in [0.1, 0.15) is 5.82 Å². The summed E-state index contributed by atoms with van der Waals surface area (Å²) >= 11 is 5.70. The van der Waals surface area contributed by atoms with Gasteiger partial charge >= 0.3 is 0 Å². The van der Waals surface area contributed by atoms with E-state index < -0.39 is 0 Å². The van der Waals surface area contributed by atoms with Crippen LogP contribution < -0.4 is 5.32 Å². The van der Waals surface area contributed by atoms with E-state index in [1.54, 1.807) is 12.1 Å². The molecule has 1 N–H and O–H groups in total. The van der Waals surface area contributed by atoms with E-state index >= 15 is 0 Å². The fourth-order valence-electron chi connectivity index (χ4n) is 2.15. The van der Waals surface area contributed by atoms with Crippen molar-refractivity contribution in [1.82, 2.24) is 0 Å². The zero-order chi connectivity index (χ0) is 11.7. The molecule has 1 aromatic carbocycles. The lowest BCUT2D eigenvalue weighted by Crippen LogP contribution is -2.38. The van der Waals surface area contributed by atoms with Gasteiger partial charge in [0.25, 0.3) is 0 Å². The number of anilines is 1. The van der Waals surface area contributed by atoms with Gasteiger partial charge < -0.3 is 5.32 Å². The molecule has 1 saturated carbocycles. The van der Waals surface area contributed by atoms with Gasteiger partial charge in [0.15, 0.2) is 0 Å². The van der Waals surface area contributed by atoms with E-state index in [2.05, 4.69) is 19.2 Å². The molecule has 0 saturated heterocycles. The summed E-state index contributed by atoms with van der Waals surface area (Å²) in [6.07, 6.45) is 2.28. The summed E-state index contributed by atoms with van der Waals surface area (Å²) in [5, 5.41) is 3.67. The van der Waals surface area contributed by atoms with Gasteiger partial charge in [-0.15, -0.1) is 0 Å². The highest BCUT2D eigenvalue weighted by molar-refractivity contribution is 6.30. The summed E-state index contributed by atoms with van der Waals surface area (Å²) in [5.74, 6) is 1.25. The minimum atomic E-state index is -0.263. The summed E-state index contributed by atoms with van der Waals surface area (Å²) in [6.45, 7) is 4.48. The number of rotatable bonds is 3. The molecular formula is C13H17ClFN. The van der Waals surface area contributed by atoms with Crippen molar-refractivity contribution < 1.29 is 4.39 Å². The highest BCUT2D eigenvalue weighted by Gasteiger charge is 2.31. The van der Waals surface area contributed by atoms with Gasteiger partial charge in [-0.25, -0.2) is 4.39 Å². The summed E-state index contributed by atoms with van der Waals surface area (Å²) in [5.41, 5.74) is 0.566. The van der Waals surface area contributed by atoms with Gasteiger partial charge in [0, 0.05) is 11.1 Å². The Morgan fingerprint density at radius 1 is 1.38 bits per heavy atom. The SMILES string of the molecule is CC(C)C1CC(Nc2ccc(Cl)cc2F)C1. The second-order valence-electron chi connectivity index (χ2n) is 4.94. The molecule has 1 aromatic rings. The molecule has 0 heterocycles. The van der Waals surface area contributed by atoms with Gasteiger partial charge in [0.2, 0.25) is 0 Å². The van der Waals surface area contributed by atoms with Gasteiger partial charge in [-0.2, -0.15) is 0 Å². The first-order valence-electron chi connectivity index (χ1n) is 5.78. The standard InChI is InChI=1S/C13H17ClFN/c1-8(2)9-5-11(6-9)16-13-4-3-10(14)7-12(13)15/h3-4,7-9,11,16H,5-6H2,1-2H3. The maximum Gasteiger partial charge on any atom is 0.147 e. The molecule has 2 rings (SSSR count). The average Bonchev–Trinajstić information content (AvgIpc) is 2.12. The molecular weight excluding hydrogens is 225 g/mol. The monoisotopic (exact) mass is 241 g/mol. The fourth-order valence-corrected chi connectivity index (χ4v) is 2.31. The lowest BCUT2D eigenvalue weighted by atomic mass is 9.73. The van der Waals surface area contributed by atoms with Crippen LogP contribution in [0.3, 0.4) is 0 Å². The second kappa shape index (κ2) is 4.62. The number of hydrogen-bond acceptors (Lipinski definition) is 1. The second-order valence-corrected chi connectivity index (χ2v) is 5.38. The van der Waals surface area contributed by atoms with Crippen LogP contribution in [0.5, 0.6) is 0 Å². The maximum atomic E-state index is 13.5. The largest absolute Gasteiger partial charge is 0.380 e. The molecule has 0 amide bonds. The molecule has 0 spiro atoms. The summed E-state index contributed by atoms with van der Waals surface area (Å²) in [4.78, 5) is 0. The van der Waals surface area contributed by atoms with Crippen molar-refractivity contribution in [3.05, 3.63) is 29.0 Å². The van der Waals surface area contributed by atoms with Gasteiger partial charge in [-0.05, 0) is 42.9 Å². The molecule has 0 aliphatic heterocycles. The molecule has 0 bridgehead atoms. The molecule has 0 radical (unpaired) electrons. The first kappa shape index (κ1) is 11.7. The third-order valence-corrected chi connectivity index (χ3v) is 3.64. The van der Waals surface area contributed by atoms with Crippen LogP contribution in [0, 0.1) is 17.7 Å². The minimum Gasteiger partial charge on any atom is -0.380 e. The van der Waals surface area contributed by atoms with Gasteiger partial charge in [-0.1, -0.05) is 25.4 Å². The third kappa shape index (κ3) is 2.49. The number of halogens is 2. The number of nitrogens with one attached hydrogen (secondary N) is 1. The normalized spacial score (nSPS) is 24.3. The van der Waals surface area contributed by atoms with Crippen LogP contribution in [0.15, 0.2) is 18.2 Å². The smallest absolute Gasteiger partial charge is 0.147 e. The lowest BCUT2D eigenvalue weighted by Gasteiger charge is -2.39. The third-order valence-electron chi connectivity index (χ3n) is 3.41. The Morgan fingerprint density at radius 2 is 2.06 bits per heavy atom. The van der Waals surface area contributed by atoms with Crippen molar-refractivity contribution in [3.63, 3.8) is 0 Å². The van der Waals surface area contributed by atoms with E-state index in [1.807, 2.05) is 0 Å². The molecule has 88 valence electrons. The predicted molar refractivity (Wildman–Crippen MR) is 66.4 cm³/mol. The van der Waals surface area contributed by atoms with Gasteiger partial charge in [0.05, 0.1) is 5.69 Å². The lowest BCUT2D eigenvalue weighted by molar-refractivity contribution is 0.211. The Balaban J connectivity index is 1.91. The zero-order valence-corrected chi connectivity index (χ0v) is 10.4. The van der Waals surface area contributed by atoms with Crippen LogP contribution in [0.1, 0.15) is 26.7 Å². The summed E-state index contributed by atoms with van der Waals surface area (Å²) in [6, 6.07) is 5.19. The molecule has 3 heteroatoms. The van der Waals surface area contributed by atoms with E-state index in [-0.39, 0.29) is 5.82 Å².